The van der Waals surface area contributed by atoms with Crippen LogP contribution in [0.1, 0.15) is 45.8 Å². The van der Waals surface area contributed by atoms with Crippen molar-refractivity contribution in [2.75, 3.05) is 0 Å². The van der Waals surface area contributed by atoms with Crippen LogP contribution in [0.4, 0.5) is 4.39 Å². The predicted molar refractivity (Wildman–Crippen MR) is 83.7 cm³/mol. The van der Waals surface area contributed by atoms with Gasteiger partial charge in [0.15, 0.2) is 0 Å². The van der Waals surface area contributed by atoms with Gasteiger partial charge in [-0.25, -0.2) is 4.39 Å². The third kappa shape index (κ3) is 2.59. The minimum absolute atomic E-state index is 0.130. The molecule has 1 saturated carbocycles. The maximum atomic E-state index is 13.3. The molecule has 3 heteroatoms. The third-order valence-electron chi connectivity index (χ3n) is 5.20. The Balaban J connectivity index is 1.95. The molecule has 3 unspecified atom stereocenters. The van der Waals surface area contributed by atoms with Crippen LogP contribution in [0, 0.1) is 17.7 Å². The normalized spacial score (nSPS) is 27.2. The van der Waals surface area contributed by atoms with Crippen LogP contribution >= 0.6 is 0 Å². The average molecular weight is 289 g/mol. The Bertz CT molecular complexity index is 646. The highest BCUT2D eigenvalue weighted by atomic mass is 19.1. The van der Waals surface area contributed by atoms with E-state index in [1.54, 1.807) is 6.07 Å². The van der Waals surface area contributed by atoms with Gasteiger partial charge in [0.2, 0.25) is 0 Å². The SMILES string of the molecule is CC1CCC(C(C)(C)c2cc3cc(F)ccc3o2)C(N)C1. The summed E-state index contributed by atoms with van der Waals surface area (Å²) >= 11 is 0. The maximum absolute atomic E-state index is 13.3. The second-order valence-electron chi connectivity index (χ2n) is 7.20. The van der Waals surface area contributed by atoms with Crippen molar-refractivity contribution in [3.63, 3.8) is 0 Å². The molecule has 3 rings (SSSR count). The van der Waals surface area contributed by atoms with Crippen molar-refractivity contribution in [1.29, 1.82) is 0 Å². The number of fused-ring (bicyclic) bond motifs is 1. The molecule has 0 spiro atoms. The maximum Gasteiger partial charge on any atom is 0.134 e. The lowest BCUT2D eigenvalue weighted by Gasteiger charge is -2.41. The van der Waals surface area contributed by atoms with Crippen LogP contribution in [0.15, 0.2) is 28.7 Å². The smallest absolute Gasteiger partial charge is 0.134 e. The molecule has 2 N–H and O–H groups in total. The first kappa shape index (κ1) is 14.6. The first-order chi connectivity index (χ1) is 9.88. The Hall–Kier alpha value is -1.35. The summed E-state index contributed by atoms with van der Waals surface area (Å²) in [6, 6.07) is 6.85. The summed E-state index contributed by atoms with van der Waals surface area (Å²) in [5, 5.41) is 0.829. The molecular formula is C18H24FNO. The molecule has 2 aromatic rings. The summed E-state index contributed by atoms with van der Waals surface area (Å²) < 4.78 is 19.3. The van der Waals surface area contributed by atoms with E-state index in [1.807, 2.05) is 6.07 Å². The van der Waals surface area contributed by atoms with Gasteiger partial charge in [-0.15, -0.1) is 0 Å². The van der Waals surface area contributed by atoms with Gasteiger partial charge in [0.05, 0.1) is 0 Å². The van der Waals surface area contributed by atoms with Crippen LogP contribution in [-0.4, -0.2) is 6.04 Å². The number of hydrogen-bond donors (Lipinski definition) is 1. The molecule has 0 saturated heterocycles. The summed E-state index contributed by atoms with van der Waals surface area (Å²) in [4.78, 5) is 0. The standard InChI is InChI=1S/C18H24FNO/c1-11-4-6-14(15(20)8-11)18(2,3)17-10-12-9-13(19)5-7-16(12)21-17/h5,7,9-11,14-15H,4,6,8,20H2,1-3H3. The number of halogens is 1. The lowest BCUT2D eigenvalue weighted by atomic mass is 9.65. The monoisotopic (exact) mass is 289 g/mol. The van der Waals surface area contributed by atoms with Crippen LogP contribution in [-0.2, 0) is 5.41 Å². The van der Waals surface area contributed by atoms with Gasteiger partial charge in [0.25, 0.3) is 0 Å². The molecule has 1 aliphatic rings. The molecule has 0 bridgehead atoms. The molecular weight excluding hydrogens is 265 g/mol. The molecule has 0 amide bonds. The molecule has 1 aromatic carbocycles. The van der Waals surface area contributed by atoms with Gasteiger partial charge >= 0.3 is 0 Å². The van der Waals surface area contributed by atoms with Crippen LogP contribution in [0.2, 0.25) is 0 Å². The van der Waals surface area contributed by atoms with E-state index in [1.165, 1.54) is 18.6 Å². The first-order valence-corrected chi connectivity index (χ1v) is 7.83. The van der Waals surface area contributed by atoms with E-state index >= 15 is 0 Å². The molecule has 21 heavy (non-hydrogen) atoms. The van der Waals surface area contributed by atoms with E-state index in [2.05, 4.69) is 20.8 Å². The summed E-state index contributed by atoms with van der Waals surface area (Å²) in [6.07, 6.45) is 3.42. The predicted octanol–water partition coefficient (Wildman–Crippen LogP) is 4.61. The Kier molecular flexibility index (Phi) is 3.56. The largest absolute Gasteiger partial charge is 0.460 e. The van der Waals surface area contributed by atoms with Gasteiger partial charge in [-0.1, -0.05) is 27.2 Å². The van der Waals surface area contributed by atoms with Gasteiger partial charge in [0.1, 0.15) is 17.2 Å². The highest BCUT2D eigenvalue weighted by Crippen LogP contribution is 2.43. The number of nitrogens with two attached hydrogens (primary N) is 1. The zero-order valence-corrected chi connectivity index (χ0v) is 13.0. The van der Waals surface area contributed by atoms with Crippen molar-refractivity contribution in [2.45, 2.75) is 51.5 Å². The quantitative estimate of drug-likeness (QED) is 0.876. The molecule has 2 nitrogen and oxygen atoms in total. The van der Waals surface area contributed by atoms with Crippen molar-refractivity contribution >= 4 is 11.0 Å². The van der Waals surface area contributed by atoms with E-state index in [-0.39, 0.29) is 17.3 Å². The van der Waals surface area contributed by atoms with Gasteiger partial charge < -0.3 is 10.2 Å². The van der Waals surface area contributed by atoms with Crippen LogP contribution in [0.25, 0.3) is 11.0 Å². The Morgan fingerprint density at radius 3 is 2.71 bits per heavy atom. The first-order valence-electron chi connectivity index (χ1n) is 7.83. The number of benzene rings is 1. The zero-order chi connectivity index (χ0) is 15.2. The minimum atomic E-state index is -0.226. The third-order valence-corrected chi connectivity index (χ3v) is 5.20. The number of rotatable bonds is 2. The van der Waals surface area contributed by atoms with E-state index in [9.17, 15) is 4.39 Å². The average Bonchev–Trinajstić information content (AvgIpc) is 2.81. The van der Waals surface area contributed by atoms with Gasteiger partial charge in [-0.3, -0.25) is 0 Å². The number of furan rings is 1. The second kappa shape index (κ2) is 5.13. The molecule has 3 atom stereocenters. The topological polar surface area (TPSA) is 39.2 Å². The summed E-state index contributed by atoms with van der Waals surface area (Å²) in [7, 11) is 0. The Labute approximate surface area is 125 Å². The second-order valence-corrected chi connectivity index (χ2v) is 7.20. The molecule has 114 valence electrons. The summed E-state index contributed by atoms with van der Waals surface area (Å²) in [5.74, 6) is 1.80. The molecule has 1 fully saturated rings. The molecule has 1 aromatic heterocycles. The van der Waals surface area contributed by atoms with Gasteiger partial charge in [-0.2, -0.15) is 0 Å². The van der Waals surface area contributed by atoms with Crippen molar-refractivity contribution in [3.8, 4) is 0 Å². The molecule has 1 aliphatic carbocycles. The summed E-state index contributed by atoms with van der Waals surface area (Å²) in [6.45, 7) is 6.66. The van der Waals surface area contributed by atoms with Gasteiger partial charge in [0, 0.05) is 16.8 Å². The van der Waals surface area contributed by atoms with Crippen molar-refractivity contribution in [2.24, 2.45) is 17.6 Å². The fourth-order valence-electron chi connectivity index (χ4n) is 3.84. The number of hydrogen-bond acceptors (Lipinski definition) is 2. The fourth-order valence-corrected chi connectivity index (χ4v) is 3.84. The lowest BCUT2D eigenvalue weighted by molar-refractivity contribution is 0.154. The lowest BCUT2D eigenvalue weighted by Crippen LogP contribution is -2.45. The van der Waals surface area contributed by atoms with E-state index < -0.39 is 0 Å². The highest BCUT2D eigenvalue weighted by Gasteiger charge is 2.40. The molecule has 0 aliphatic heterocycles. The van der Waals surface area contributed by atoms with E-state index in [0.717, 1.165) is 29.6 Å². The van der Waals surface area contributed by atoms with Crippen LogP contribution in [0.5, 0.6) is 0 Å². The van der Waals surface area contributed by atoms with Crippen molar-refractivity contribution in [3.05, 3.63) is 35.8 Å². The van der Waals surface area contributed by atoms with Crippen molar-refractivity contribution < 1.29 is 8.81 Å². The molecule has 1 heterocycles. The highest BCUT2D eigenvalue weighted by molar-refractivity contribution is 5.78. The van der Waals surface area contributed by atoms with Crippen molar-refractivity contribution in [1.82, 2.24) is 0 Å². The van der Waals surface area contributed by atoms with E-state index in [0.29, 0.717) is 11.8 Å². The zero-order valence-electron chi connectivity index (χ0n) is 13.0. The molecule has 0 radical (unpaired) electrons. The van der Waals surface area contributed by atoms with Gasteiger partial charge in [-0.05, 0) is 48.9 Å². The van der Waals surface area contributed by atoms with Crippen LogP contribution < -0.4 is 5.73 Å². The van der Waals surface area contributed by atoms with Crippen LogP contribution in [0.3, 0.4) is 0 Å². The Morgan fingerprint density at radius 1 is 1.24 bits per heavy atom. The Morgan fingerprint density at radius 2 is 2.00 bits per heavy atom. The van der Waals surface area contributed by atoms with E-state index in [4.69, 9.17) is 10.2 Å². The fraction of sp³-hybridized carbons (Fsp3) is 0.556. The summed E-state index contributed by atoms with van der Waals surface area (Å²) in [5.41, 5.74) is 7.03. The minimum Gasteiger partial charge on any atom is -0.460 e.